The fourth-order valence-electron chi connectivity index (χ4n) is 2.14. The largest absolute Gasteiger partial charge is 0.504 e. The number of nitrogens with one attached hydrogen (secondary N) is 1. The van der Waals surface area contributed by atoms with Gasteiger partial charge in [-0.2, -0.15) is 0 Å². The van der Waals surface area contributed by atoms with Gasteiger partial charge in [-0.1, -0.05) is 12.1 Å². The molecule has 0 heterocycles. The maximum atomic E-state index is 12.0. The second-order valence-corrected chi connectivity index (χ2v) is 7.08. The summed E-state index contributed by atoms with van der Waals surface area (Å²) in [5.74, 6) is -0.562. The second-order valence-electron chi connectivity index (χ2n) is 5.51. The van der Waals surface area contributed by atoms with Crippen molar-refractivity contribution >= 4 is 28.1 Å². The highest BCUT2D eigenvalue weighted by molar-refractivity contribution is 7.93. The molecule has 28 heavy (non-hydrogen) atoms. The molecule has 2 aromatic carbocycles. The highest BCUT2D eigenvalue weighted by atomic mass is 32.2. The number of carbonyl (C=O) groups is 1. The first-order chi connectivity index (χ1) is 13.2. The summed E-state index contributed by atoms with van der Waals surface area (Å²) in [7, 11) is -1.27. The van der Waals surface area contributed by atoms with Crippen LogP contribution in [0.5, 0.6) is 23.0 Å². The highest BCUT2D eigenvalue weighted by Gasteiger charge is 2.09. The first-order valence-electron chi connectivity index (χ1n) is 7.91. The van der Waals surface area contributed by atoms with E-state index in [1.807, 2.05) is 4.72 Å². The molecule has 0 aliphatic rings. The molecule has 0 saturated heterocycles. The minimum atomic E-state index is -4.03. The van der Waals surface area contributed by atoms with Gasteiger partial charge in [-0.05, 0) is 47.5 Å². The topological polar surface area (TPSA) is 122 Å². The molecule has 0 aliphatic carbocycles. The molecule has 0 atom stereocenters. The molecule has 0 radical (unpaired) electrons. The summed E-state index contributed by atoms with van der Waals surface area (Å²) in [6, 6.07) is 8.71. The normalized spacial score (nSPS) is 11.6. The number of phenols is 2. The molecule has 9 heteroatoms. The number of amides is 1. The summed E-state index contributed by atoms with van der Waals surface area (Å²) in [6.45, 7) is 0. The Morgan fingerprint density at radius 1 is 0.929 bits per heavy atom. The molecule has 8 nitrogen and oxygen atoms in total. The number of carbonyl (C=O) groups excluding carboxylic acids is 1. The molecule has 0 aliphatic heterocycles. The van der Waals surface area contributed by atoms with Crippen LogP contribution in [0.15, 0.2) is 47.9 Å². The lowest BCUT2D eigenvalue weighted by Gasteiger charge is -2.04. The number of rotatable bonds is 7. The standard InChI is InChI=1S/C19H19NO7S/c1-26-17-11-13(3-6-15(17)21)5-8-19(23)20-28(24,25)10-9-14-4-7-16(22)18(12-14)27-2/h3-12,21-22H,1-2H3,(H,20,23)/b8-5+,10-9-. The number of hydrogen-bond donors (Lipinski definition) is 3. The van der Waals surface area contributed by atoms with Gasteiger partial charge in [0.1, 0.15) is 0 Å². The number of methoxy groups -OCH3 is 2. The summed E-state index contributed by atoms with van der Waals surface area (Å²) >= 11 is 0. The molecule has 0 fully saturated rings. The van der Waals surface area contributed by atoms with Crippen LogP contribution >= 0.6 is 0 Å². The first kappa shape index (κ1) is 20.8. The number of hydrogen-bond acceptors (Lipinski definition) is 7. The van der Waals surface area contributed by atoms with Crippen LogP contribution in [0.2, 0.25) is 0 Å². The molecule has 3 N–H and O–H groups in total. The average molecular weight is 405 g/mol. The number of aromatic hydroxyl groups is 2. The number of benzene rings is 2. The molecular weight excluding hydrogens is 386 g/mol. The molecule has 0 unspecified atom stereocenters. The summed E-state index contributed by atoms with van der Waals surface area (Å²) in [6.07, 6.45) is 3.67. The van der Waals surface area contributed by atoms with E-state index in [0.29, 0.717) is 11.1 Å². The predicted molar refractivity (Wildman–Crippen MR) is 104 cm³/mol. The van der Waals surface area contributed by atoms with Gasteiger partial charge in [0.25, 0.3) is 15.9 Å². The lowest BCUT2D eigenvalue weighted by atomic mass is 10.2. The lowest BCUT2D eigenvalue weighted by Crippen LogP contribution is -2.26. The monoisotopic (exact) mass is 405 g/mol. The smallest absolute Gasteiger partial charge is 0.257 e. The van der Waals surface area contributed by atoms with E-state index < -0.39 is 15.9 Å². The van der Waals surface area contributed by atoms with Crippen LogP contribution in [0.25, 0.3) is 12.2 Å². The van der Waals surface area contributed by atoms with E-state index in [1.165, 1.54) is 62.8 Å². The zero-order valence-electron chi connectivity index (χ0n) is 15.1. The van der Waals surface area contributed by atoms with Crippen molar-refractivity contribution in [1.82, 2.24) is 4.72 Å². The third-order valence-corrected chi connectivity index (χ3v) is 4.50. The predicted octanol–water partition coefficient (Wildman–Crippen LogP) is 2.25. The van der Waals surface area contributed by atoms with Crippen LogP contribution in [-0.2, 0) is 14.8 Å². The molecule has 0 saturated carbocycles. The maximum absolute atomic E-state index is 12.0. The van der Waals surface area contributed by atoms with Gasteiger partial charge in [0.05, 0.1) is 19.6 Å². The fourth-order valence-corrected chi connectivity index (χ4v) is 2.90. The van der Waals surface area contributed by atoms with Crippen LogP contribution in [-0.4, -0.2) is 38.8 Å². The van der Waals surface area contributed by atoms with Crippen molar-refractivity contribution in [1.29, 1.82) is 0 Å². The van der Waals surface area contributed by atoms with Crippen LogP contribution in [0.4, 0.5) is 0 Å². The van der Waals surface area contributed by atoms with Crippen molar-refractivity contribution in [2.75, 3.05) is 14.2 Å². The van der Waals surface area contributed by atoms with Crippen LogP contribution in [0, 0.1) is 0 Å². The van der Waals surface area contributed by atoms with Crippen molar-refractivity contribution in [3.05, 3.63) is 59.0 Å². The van der Waals surface area contributed by atoms with E-state index in [9.17, 15) is 23.4 Å². The van der Waals surface area contributed by atoms with Crippen LogP contribution < -0.4 is 14.2 Å². The van der Waals surface area contributed by atoms with Crippen molar-refractivity contribution in [2.24, 2.45) is 0 Å². The molecule has 1 amide bonds. The quantitative estimate of drug-likeness (QED) is 0.604. The second kappa shape index (κ2) is 8.96. The van der Waals surface area contributed by atoms with Gasteiger partial charge in [-0.25, -0.2) is 13.1 Å². The van der Waals surface area contributed by atoms with Gasteiger partial charge in [0, 0.05) is 6.08 Å². The van der Waals surface area contributed by atoms with E-state index in [0.717, 1.165) is 11.5 Å². The Morgan fingerprint density at radius 2 is 1.43 bits per heavy atom. The van der Waals surface area contributed by atoms with E-state index in [2.05, 4.69) is 0 Å². The molecule has 2 rings (SSSR count). The Hall–Kier alpha value is -3.46. The summed E-state index contributed by atoms with van der Waals surface area (Å²) in [5, 5.41) is 19.9. The highest BCUT2D eigenvalue weighted by Crippen LogP contribution is 2.27. The molecule has 2 aromatic rings. The van der Waals surface area contributed by atoms with Gasteiger partial charge >= 0.3 is 0 Å². The van der Waals surface area contributed by atoms with E-state index in [-0.39, 0.29) is 23.0 Å². The number of phenolic OH excluding ortho intramolecular Hbond substituents is 2. The first-order valence-corrected chi connectivity index (χ1v) is 9.45. The summed E-state index contributed by atoms with van der Waals surface area (Å²) in [4.78, 5) is 11.9. The van der Waals surface area contributed by atoms with E-state index in [4.69, 9.17) is 9.47 Å². The van der Waals surface area contributed by atoms with Gasteiger partial charge in [-0.3, -0.25) is 4.79 Å². The number of ether oxygens (including phenoxy) is 2. The fraction of sp³-hybridized carbons (Fsp3) is 0.105. The van der Waals surface area contributed by atoms with Crippen molar-refractivity contribution in [3.8, 4) is 23.0 Å². The zero-order valence-corrected chi connectivity index (χ0v) is 15.9. The van der Waals surface area contributed by atoms with Gasteiger partial charge in [0.15, 0.2) is 23.0 Å². The third-order valence-electron chi connectivity index (χ3n) is 3.52. The molecule has 148 valence electrons. The SMILES string of the molecule is COc1cc(/C=C\S(=O)(=O)NC(=O)/C=C/c2ccc(O)c(OC)c2)ccc1O. The molecule has 0 aromatic heterocycles. The van der Waals surface area contributed by atoms with E-state index >= 15 is 0 Å². The van der Waals surface area contributed by atoms with E-state index in [1.54, 1.807) is 0 Å². The van der Waals surface area contributed by atoms with Gasteiger partial charge in [0.2, 0.25) is 0 Å². The van der Waals surface area contributed by atoms with Crippen molar-refractivity contribution in [3.63, 3.8) is 0 Å². The minimum absolute atomic E-state index is 0.0531. The minimum Gasteiger partial charge on any atom is -0.504 e. The van der Waals surface area contributed by atoms with Gasteiger partial charge in [-0.15, -0.1) is 0 Å². The Labute approximate surface area is 162 Å². The van der Waals surface area contributed by atoms with Crippen LogP contribution in [0.1, 0.15) is 11.1 Å². The summed E-state index contributed by atoms with van der Waals surface area (Å²) < 4.78 is 35.8. The summed E-state index contributed by atoms with van der Waals surface area (Å²) in [5.41, 5.74) is 0.994. The molecule has 0 spiro atoms. The molecule has 0 bridgehead atoms. The Kier molecular flexibility index (Phi) is 6.67. The third kappa shape index (κ3) is 5.78. The Bertz CT molecular complexity index is 1030. The van der Waals surface area contributed by atoms with Crippen LogP contribution in [0.3, 0.4) is 0 Å². The Balaban J connectivity index is 2.06. The van der Waals surface area contributed by atoms with Crippen molar-refractivity contribution < 1.29 is 32.9 Å². The lowest BCUT2D eigenvalue weighted by molar-refractivity contribution is -0.114. The Morgan fingerprint density at radius 3 is 1.93 bits per heavy atom. The maximum Gasteiger partial charge on any atom is 0.257 e. The van der Waals surface area contributed by atoms with Crippen molar-refractivity contribution in [2.45, 2.75) is 0 Å². The molecular formula is C19H19NO7S. The van der Waals surface area contributed by atoms with Gasteiger partial charge < -0.3 is 19.7 Å². The number of sulfonamides is 1. The average Bonchev–Trinajstić information content (AvgIpc) is 2.66. The zero-order chi connectivity index (χ0) is 20.7.